The van der Waals surface area contributed by atoms with Gasteiger partial charge in [0, 0.05) is 10.4 Å². The molecule has 6 heteroatoms. The standard InChI is InChI=1S/C18H16N2O3S/c19-10-13-16-12(18(22)23)7-4-8-14(16)24-17(13)20-15(21)9-11-5-2-1-3-6-11/h1-3,5-6,12H,4,7-9H2,(H,20,21)(H,22,23). The summed E-state index contributed by atoms with van der Waals surface area (Å²) in [6.07, 6.45) is 2.29. The molecule has 0 aliphatic heterocycles. The molecule has 0 saturated carbocycles. The molecule has 0 radical (unpaired) electrons. The molecule has 2 N–H and O–H groups in total. The summed E-state index contributed by atoms with van der Waals surface area (Å²) in [6, 6.07) is 11.4. The van der Waals surface area contributed by atoms with E-state index >= 15 is 0 Å². The zero-order chi connectivity index (χ0) is 17.1. The maximum Gasteiger partial charge on any atom is 0.311 e. The molecule has 1 amide bonds. The fourth-order valence-corrected chi connectivity index (χ4v) is 4.32. The van der Waals surface area contributed by atoms with E-state index in [9.17, 15) is 20.0 Å². The summed E-state index contributed by atoms with van der Waals surface area (Å²) in [6.45, 7) is 0. The Morgan fingerprint density at radius 2 is 2.08 bits per heavy atom. The number of fused-ring (bicyclic) bond motifs is 1. The maximum atomic E-state index is 12.2. The Hall–Kier alpha value is -2.65. The van der Waals surface area contributed by atoms with Crippen molar-refractivity contribution in [2.75, 3.05) is 5.32 Å². The van der Waals surface area contributed by atoms with Crippen LogP contribution >= 0.6 is 11.3 Å². The van der Waals surface area contributed by atoms with Crippen LogP contribution in [0.25, 0.3) is 0 Å². The summed E-state index contributed by atoms with van der Waals surface area (Å²) < 4.78 is 0. The molecule has 0 bridgehead atoms. The van der Waals surface area contributed by atoms with E-state index in [1.54, 1.807) is 0 Å². The zero-order valence-electron chi connectivity index (χ0n) is 12.9. The number of carbonyl (C=O) groups excluding carboxylic acids is 1. The lowest BCUT2D eigenvalue weighted by molar-refractivity contribution is -0.139. The van der Waals surface area contributed by atoms with Gasteiger partial charge in [0.2, 0.25) is 5.91 Å². The van der Waals surface area contributed by atoms with Gasteiger partial charge in [0.15, 0.2) is 0 Å². The van der Waals surface area contributed by atoms with Crippen molar-refractivity contribution >= 4 is 28.2 Å². The SMILES string of the molecule is N#Cc1c(NC(=O)Cc2ccccc2)sc2c1C(C(=O)O)CCC2. The molecule has 0 fully saturated rings. The maximum absolute atomic E-state index is 12.2. The summed E-state index contributed by atoms with van der Waals surface area (Å²) in [4.78, 5) is 24.6. The number of amides is 1. The van der Waals surface area contributed by atoms with Crippen molar-refractivity contribution in [3.63, 3.8) is 0 Å². The second-order valence-corrected chi connectivity index (χ2v) is 6.85. The third-order valence-electron chi connectivity index (χ3n) is 4.14. The largest absolute Gasteiger partial charge is 0.481 e. The molecule has 5 nitrogen and oxygen atoms in total. The van der Waals surface area contributed by atoms with Crippen molar-refractivity contribution in [3.8, 4) is 6.07 Å². The Balaban J connectivity index is 1.86. The van der Waals surface area contributed by atoms with Crippen molar-refractivity contribution in [2.45, 2.75) is 31.6 Å². The van der Waals surface area contributed by atoms with Gasteiger partial charge in [0.05, 0.1) is 17.9 Å². The number of thiophene rings is 1. The minimum Gasteiger partial charge on any atom is -0.481 e. The van der Waals surface area contributed by atoms with Gasteiger partial charge in [-0.2, -0.15) is 5.26 Å². The van der Waals surface area contributed by atoms with Gasteiger partial charge in [-0.25, -0.2) is 0 Å². The number of benzene rings is 1. The topological polar surface area (TPSA) is 90.2 Å². The summed E-state index contributed by atoms with van der Waals surface area (Å²) >= 11 is 1.33. The number of nitrogens with one attached hydrogen (secondary N) is 1. The van der Waals surface area contributed by atoms with E-state index in [-0.39, 0.29) is 12.3 Å². The van der Waals surface area contributed by atoms with E-state index in [0.717, 1.165) is 23.3 Å². The first kappa shape index (κ1) is 16.2. The molecule has 1 atom stereocenters. The second-order valence-electron chi connectivity index (χ2n) is 5.75. The molecule has 1 unspecified atom stereocenters. The number of nitrogens with zero attached hydrogens (tertiary/aromatic N) is 1. The van der Waals surface area contributed by atoms with Gasteiger partial charge in [-0.05, 0) is 24.8 Å². The third-order valence-corrected chi connectivity index (χ3v) is 5.32. The lowest BCUT2D eigenvalue weighted by Crippen LogP contribution is -2.18. The molecule has 1 aromatic heterocycles. The summed E-state index contributed by atoms with van der Waals surface area (Å²) in [7, 11) is 0. The number of aryl methyl sites for hydroxylation is 1. The quantitative estimate of drug-likeness (QED) is 0.893. The molecular formula is C18H16N2O3S. The first-order chi connectivity index (χ1) is 11.6. The van der Waals surface area contributed by atoms with Gasteiger partial charge in [-0.1, -0.05) is 30.3 Å². The highest BCUT2D eigenvalue weighted by Crippen LogP contribution is 2.43. The third kappa shape index (κ3) is 3.17. The van der Waals surface area contributed by atoms with Crippen LogP contribution in [-0.2, 0) is 22.4 Å². The number of rotatable bonds is 4. The van der Waals surface area contributed by atoms with Crippen molar-refractivity contribution in [1.29, 1.82) is 5.26 Å². The Labute approximate surface area is 143 Å². The van der Waals surface area contributed by atoms with Crippen LogP contribution in [0.2, 0.25) is 0 Å². The molecule has 3 rings (SSSR count). The normalized spacial score (nSPS) is 16.0. The number of nitriles is 1. The van der Waals surface area contributed by atoms with Crippen LogP contribution < -0.4 is 5.32 Å². The number of hydrogen-bond donors (Lipinski definition) is 2. The molecule has 122 valence electrons. The molecule has 1 aliphatic carbocycles. The van der Waals surface area contributed by atoms with Gasteiger partial charge in [-0.15, -0.1) is 11.3 Å². The lowest BCUT2D eigenvalue weighted by atomic mass is 9.85. The van der Waals surface area contributed by atoms with E-state index in [0.29, 0.717) is 22.5 Å². The number of anilines is 1. The van der Waals surface area contributed by atoms with E-state index in [1.165, 1.54) is 11.3 Å². The van der Waals surface area contributed by atoms with Crippen LogP contribution in [0.15, 0.2) is 30.3 Å². The van der Waals surface area contributed by atoms with Crippen LogP contribution in [-0.4, -0.2) is 17.0 Å². The molecule has 1 heterocycles. The van der Waals surface area contributed by atoms with Crippen LogP contribution in [0.1, 0.15) is 40.3 Å². The van der Waals surface area contributed by atoms with E-state index in [4.69, 9.17) is 0 Å². The lowest BCUT2D eigenvalue weighted by Gasteiger charge is -2.18. The minimum atomic E-state index is -0.910. The molecule has 24 heavy (non-hydrogen) atoms. The van der Waals surface area contributed by atoms with Gasteiger partial charge < -0.3 is 10.4 Å². The monoisotopic (exact) mass is 340 g/mol. The Morgan fingerprint density at radius 3 is 2.75 bits per heavy atom. The molecular weight excluding hydrogens is 324 g/mol. The first-order valence-electron chi connectivity index (χ1n) is 7.72. The van der Waals surface area contributed by atoms with Crippen LogP contribution in [0.4, 0.5) is 5.00 Å². The van der Waals surface area contributed by atoms with Crippen molar-refractivity contribution < 1.29 is 14.7 Å². The highest BCUT2D eigenvalue weighted by Gasteiger charge is 2.33. The first-order valence-corrected chi connectivity index (χ1v) is 8.54. The van der Waals surface area contributed by atoms with Crippen molar-refractivity contribution in [3.05, 3.63) is 51.9 Å². The van der Waals surface area contributed by atoms with Gasteiger partial charge in [-0.3, -0.25) is 9.59 Å². The predicted molar refractivity (Wildman–Crippen MR) is 91.1 cm³/mol. The fraction of sp³-hybridized carbons (Fsp3) is 0.278. The number of carboxylic acid groups (broad SMARTS) is 1. The summed E-state index contributed by atoms with van der Waals surface area (Å²) in [5.41, 5.74) is 1.79. The second kappa shape index (κ2) is 6.85. The summed E-state index contributed by atoms with van der Waals surface area (Å²) in [5.74, 6) is -1.77. The average molecular weight is 340 g/mol. The number of carbonyl (C=O) groups is 2. The highest BCUT2D eigenvalue weighted by atomic mass is 32.1. The molecule has 1 aromatic carbocycles. The number of carboxylic acids is 1. The number of hydrogen-bond acceptors (Lipinski definition) is 4. The highest BCUT2D eigenvalue weighted by molar-refractivity contribution is 7.16. The molecule has 0 spiro atoms. The van der Waals surface area contributed by atoms with Crippen molar-refractivity contribution in [1.82, 2.24) is 0 Å². The van der Waals surface area contributed by atoms with Crippen LogP contribution in [0.5, 0.6) is 0 Å². The van der Waals surface area contributed by atoms with Crippen LogP contribution in [0, 0.1) is 11.3 Å². The molecule has 0 saturated heterocycles. The Morgan fingerprint density at radius 1 is 1.33 bits per heavy atom. The van der Waals surface area contributed by atoms with Gasteiger partial charge >= 0.3 is 5.97 Å². The van der Waals surface area contributed by atoms with Gasteiger partial charge in [0.1, 0.15) is 11.1 Å². The minimum absolute atomic E-state index is 0.205. The Kier molecular flexibility index (Phi) is 4.63. The van der Waals surface area contributed by atoms with E-state index in [2.05, 4.69) is 11.4 Å². The van der Waals surface area contributed by atoms with Crippen molar-refractivity contribution in [2.24, 2.45) is 0 Å². The fourth-order valence-electron chi connectivity index (χ4n) is 3.05. The average Bonchev–Trinajstić information content (AvgIpc) is 2.92. The Bertz CT molecular complexity index is 821. The smallest absolute Gasteiger partial charge is 0.311 e. The summed E-state index contributed by atoms with van der Waals surface area (Å²) in [5, 5.41) is 22.1. The predicted octanol–water partition coefficient (Wildman–Crippen LogP) is 3.31. The molecule has 2 aromatic rings. The van der Waals surface area contributed by atoms with Gasteiger partial charge in [0.25, 0.3) is 0 Å². The zero-order valence-corrected chi connectivity index (χ0v) is 13.7. The number of aliphatic carboxylic acids is 1. The van der Waals surface area contributed by atoms with E-state index in [1.807, 2.05) is 30.3 Å². The van der Waals surface area contributed by atoms with Crippen LogP contribution in [0.3, 0.4) is 0 Å². The van der Waals surface area contributed by atoms with E-state index < -0.39 is 11.9 Å². The molecule has 1 aliphatic rings.